The SMILES string of the molecule is C=C(C)C(=O)OCC1COC(C)(CC(C)C)O1. The van der Waals surface area contributed by atoms with Gasteiger partial charge in [0.15, 0.2) is 5.79 Å². The number of carbonyl (C=O) groups excluding carboxylic acids is 1. The third-order valence-electron chi connectivity index (χ3n) is 2.52. The average molecular weight is 242 g/mol. The zero-order valence-corrected chi connectivity index (χ0v) is 11.1. The van der Waals surface area contributed by atoms with Crippen molar-refractivity contribution in [3.63, 3.8) is 0 Å². The number of carbonyl (C=O) groups is 1. The molecular formula is C13H22O4. The van der Waals surface area contributed by atoms with E-state index >= 15 is 0 Å². The first-order valence-electron chi connectivity index (χ1n) is 5.97. The molecule has 1 saturated heterocycles. The molecule has 0 radical (unpaired) electrons. The molecule has 0 aromatic rings. The zero-order valence-electron chi connectivity index (χ0n) is 11.1. The molecule has 1 aliphatic rings. The van der Waals surface area contributed by atoms with Crippen LogP contribution in [0.4, 0.5) is 0 Å². The Labute approximate surface area is 103 Å². The lowest BCUT2D eigenvalue weighted by Gasteiger charge is -2.25. The van der Waals surface area contributed by atoms with Crippen LogP contribution in [0.15, 0.2) is 12.2 Å². The van der Waals surface area contributed by atoms with E-state index in [1.54, 1.807) is 6.92 Å². The quantitative estimate of drug-likeness (QED) is 0.548. The van der Waals surface area contributed by atoms with E-state index < -0.39 is 5.79 Å². The van der Waals surface area contributed by atoms with E-state index in [9.17, 15) is 4.79 Å². The lowest BCUT2D eigenvalue weighted by molar-refractivity contribution is -0.172. The van der Waals surface area contributed by atoms with E-state index in [0.717, 1.165) is 6.42 Å². The number of rotatable bonds is 5. The van der Waals surface area contributed by atoms with Crippen molar-refractivity contribution in [2.24, 2.45) is 5.92 Å². The van der Waals surface area contributed by atoms with Gasteiger partial charge in [-0.2, -0.15) is 0 Å². The smallest absolute Gasteiger partial charge is 0.333 e. The van der Waals surface area contributed by atoms with Crippen LogP contribution in [-0.2, 0) is 19.0 Å². The van der Waals surface area contributed by atoms with Crippen molar-refractivity contribution in [1.82, 2.24) is 0 Å². The van der Waals surface area contributed by atoms with E-state index in [-0.39, 0.29) is 18.7 Å². The summed E-state index contributed by atoms with van der Waals surface area (Å²) >= 11 is 0. The van der Waals surface area contributed by atoms with Gasteiger partial charge in [-0.1, -0.05) is 20.4 Å². The van der Waals surface area contributed by atoms with Crippen molar-refractivity contribution in [3.05, 3.63) is 12.2 Å². The molecule has 2 atom stereocenters. The van der Waals surface area contributed by atoms with E-state index in [1.807, 2.05) is 6.92 Å². The fourth-order valence-corrected chi connectivity index (χ4v) is 1.91. The summed E-state index contributed by atoms with van der Waals surface area (Å²) in [5, 5.41) is 0. The highest BCUT2D eigenvalue weighted by Crippen LogP contribution is 2.29. The van der Waals surface area contributed by atoms with Crippen molar-refractivity contribution in [3.8, 4) is 0 Å². The highest BCUT2D eigenvalue weighted by Gasteiger charge is 2.38. The summed E-state index contributed by atoms with van der Waals surface area (Å²) < 4.78 is 16.4. The van der Waals surface area contributed by atoms with Crippen LogP contribution in [0.5, 0.6) is 0 Å². The van der Waals surface area contributed by atoms with Crippen molar-refractivity contribution in [1.29, 1.82) is 0 Å². The zero-order chi connectivity index (χ0) is 13.1. The van der Waals surface area contributed by atoms with Gasteiger partial charge in [0.1, 0.15) is 12.7 Å². The molecule has 0 spiro atoms. The van der Waals surface area contributed by atoms with Gasteiger partial charge in [0.25, 0.3) is 0 Å². The second-order valence-electron chi connectivity index (χ2n) is 5.16. The van der Waals surface area contributed by atoms with Crippen LogP contribution >= 0.6 is 0 Å². The molecule has 17 heavy (non-hydrogen) atoms. The van der Waals surface area contributed by atoms with E-state index in [2.05, 4.69) is 20.4 Å². The first-order chi connectivity index (χ1) is 7.82. The third kappa shape index (κ3) is 4.48. The lowest BCUT2D eigenvalue weighted by atomic mass is 10.0. The Bertz CT molecular complexity index is 298. The predicted molar refractivity (Wildman–Crippen MR) is 64.5 cm³/mol. The molecule has 0 saturated carbocycles. The largest absolute Gasteiger partial charge is 0.459 e. The molecule has 4 heteroatoms. The van der Waals surface area contributed by atoms with E-state index in [4.69, 9.17) is 14.2 Å². The number of hydrogen-bond acceptors (Lipinski definition) is 4. The fraction of sp³-hybridized carbons (Fsp3) is 0.769. The fourth-order valence-electron chi connectivity index (χ4n) is 1.91. The van der Waals surface area contributed by atoms with Crippen LogP contribution in [0.1, 0.15) is 34.1 Å². The molecule has 1 heterocycles. The third-order valence-corrected chi connectivity index (χ3v) is 2.52. The molecule has 0 aliphatic carbocycles. The van der Waals surface area contributed by atoms with Crippen molar-refractivity contribution in [2.45, 2.75) is 46.0 Å². The predicted octanol–water partition coefficient (Wildman–Crippen LogP) is 2.28. The van der Waals surface area contributed by atoms with E-state index in [1.165, 1.54) is 0 Å². The normalized spacial score (nSPS) is 28.4. The molecule has 98 valence electrons. The molecule has 0 amide bonds. The second kappa shape index (κ2) is 5.65. The maximum atomic E-state index is 11.2. The molecule has 0 aromatic heterocycles. The van der Waals surface area contributed by atoms with Gasteiger partial charge in [-0.05, 0) is 19.8 Å². The Morgan fingerprint density at radius 2 is 2.24 bits per heavy atom. The van der Waals surface area contributed by atoms with Gasteiger partial charge in [0.2, 0.25) is 0 Å². The van der Waals surface area contributed by atoms with Crippen molar-refractivity contribution >= 4 is 5.97 Å². The van der Waals surface area contributed by atoms with Gasteiger partial charge < -0.3 is 14.2 Å². The summed E-state index contributed by atoms with van der Waals surface area (Å²) in [6.07, 6.45) is 0.653. The molecule has 1 rings (SSSR count). The van der Waals surface area contributed by atoms with Crippen LogP contribution in [-0.4, -0.2) is 31.1 Å². The summed E-state index contributed by atoms with van der Waals surface area (Å²) in [7, 11) is 0. The Balaban J connectivity index is 2.35. The van der Waals surface area contributed by atoms with Gasteiger partial charge in [-0.3, -0.25) is 0 Å². The van der Waals surface area contributed by atoms with E-state index in [0.29, 0.717) is 18.1 Å². The van der Waals surface area contributed by atoms with Crippen molar-refractivity contribution in [2.75, 3.05) is 13.2 Å². The molecule has 0 N–H and O–H groups in total. The molecule has 0 aromatic carbocycles. The van der Waals surface area contributed by atoms with Crippen LogP contribution in [0.25, 0.3) is 0 Å². The Kier molecular flexibility index (Phi) is 4.71. The Morgan fingerprint density at radius 1 is 1.59 bits per heavy atom. The summed E-state index contributed by atoms with van der Waals surface area (Å²) in [6.45, 7) is 12.0. The van der Waals surface area contributed by atoms with Crippen LogP contribution in [0.3, 0.4) is 0 Å². The second-order valence-corrected chi connectivity index (χ2v) is 5.16. The van der Waals surface area contributed by atoms with Crippen LogP contribution < -0.4 is 0 Å². The Morgan fingerprint density at radius 3 is 2.76 bits per heavy atom. The molecule has 1 aliphatic heterocycles. The van der Waals surface area contributed by atoms with Gasteiger partial charge in [-0.25, -0.2) is 4.79 Å². The van der Waals surface area contributed by atoms with Crippen molar-refractivity contribution < 1.29 is 19.0 Å². The molecular weight excluding hydrogens is 220 g/mol. The van der Waals surface area contributed by atoms with Gasteiger partial charge in [-0.15, -0.1) is 0 Å². The molecule has 0 bridgehead atoms. The number of hydrogen-bond donors (Lipinski definition) is 0. The monoisotopic (exact) mass is 242 g/mol. The minimum absolute atomic E-state index is 0.179. The average Bonchev–Trinajstić information content (AvgIpc) is 2.55. The minimum Gasteiger partial charge on any atom is -0.459 e. The first kappa shape index (κ1) is 14.2. The highest BCUT2D eigenvalue weighted by molar-refractivity contribution is 5.86. The summed E-state index contributed by atoms with van der Waals surface area (Å²) in [4.78, 5) is 11.2. The molecule has 2 unspecified atom stereocenters. The minimum atomic E-state index is -0.547. The standard InChI is InChI=1S/C13H22O4/c1-9(2)6-13(5)16-8-11(17-13)7-15-12(14)10(3)4/h9,11H,3,6-8H2,1-2,4-5H3. The topological polar surface area (TPSA) is 44.8 Å². The number of ether oxygens (including phenoxy) is 3. The summed E-state index contributed by atoms with van der Waals surface area (Å²) in [5.74, 6) is -0.433. The summed E-state index contributed by atoms with van der Waals surface area (Å²) in [6, 6.07) is 0. The Hall–Kier alpha value is -0.870. The number of esters is 1. The van der Waals surface area contributed by atoms with Gasteiger partial charge in [0.05, 0.1) is 6.61 Å². The van der Waals surface area contributed by atoms with Crippen LogP contribution in [0, 0.1) is 5.92 Å². The maximum absolute atomic E-state index is 11.2. The molecule has 1 fully saturated rings. The lowest BCUT2D eigenvalue weighted by Crippen LogP contribution is -2.30. The molecule has 4 nitrogen and oxygen atoms in total. The highest BCUT2D eigenvalue weighted by atomic mass is 16.7. The van der Waals surface area contributed by atoms with Gasteiger partial charge in [0, 0.05) is 12.0 Å². The maximum Gasteiger partial charge on any atom is 0.333 e. The summed E-state index contributed by atoms with van der Waals surface area (Å²) in [5.41, 5.74) is 0.397. The van der Waals surface area contributed by atoms with Gasteiger partial charge >= 0.3 is 5.97 Å². The first-order valence-corrected chi connectivity index (χ1v) is 5.97. The van der Waals surface area contributed by atoms with Crippen LogP contribution in [0.2, 0.25) is 0 Å².